The molecule has 1 amide bonds. The Kier molecular flexibility index (Phi) is 6.64. The lowest BCUT2D eigenvalue weighted by molar-refractivity contribution is -0.144. The standard InChI is InChI=1S/C19H27NO4/c1-4-13-23-16-5-7-17(8-6-16)24-19(22)15-9-11-20(12-10-15)18(21)14(2)3/h5-8,14-15H,4,9-13H2,1-3H3. The molecule has 2 rings (SSSR count). The maximum absolute atomic E-state index is 12.3. The lowest BCUT2D eigenvalue weighted by Gasteiger charge is -2.32. The van der Waals surface area contributed by atoms with Crippen molar-refractivity contribution in [3.8, 4) is 11.5 Å². The Hall–Kier alpha value is -2.04. The second-order valence-electron chi connectivity index (χ2n) is 6.50. The summed E-state index contributed by atoms with van der Waals surface area (Å²) in [5.41, 5.74) is 0. The van der Waals surface area contributed by atoms with Gasteiger partial charge < -0.3 is 14.4 Å². The number of ether oxygens (including phenoxy) is 2. The largest absolute Gasteiger partial charge is 0.494 e. The number of rotatable bonds is 6. The highest BCUT2D eigenvalue weighted by molar-refractivity contribution is 5.79. The zero-order valence-corrected chi connectivity index (χ0v) is 14.8. The Morgan fingerprint density at radius 2 is 1.71 bits per heavy atom. The van der Waals surface area contributed by atoms with Crippen LogP contribution in [0.1, 0.15) is 40.0 Å². The maximum atomic E-state index is 12.3. The molecule has 0 N–H and O–H groups in total. The smallest absolute Gasteiger partial charge is 0.314 e. The molecule has 0 aliphatic carbocycles. The number of hydrogen-bond acceptors (Lipinski definition) is 4. The molecule has 1 heterocycles. The van der Waals surface area contributed by atoms with Gasteiger partial charge in [0.2, 0.25) is 5.91 Å². The predicted octanol–water partition coefficient (Wildman–Crippen LogP) is 3.28. The summed E-state index contributed by atoms with van der Waals surface area (Å²) in [6, 6.07) is 7.12. The van der Waals surface area contributed by atoms with Gasteiger partial charge in [0, 0.05) is 19.0 Å². The normalized spacial score (nSPS) is 15.4. The number of benzene rings is 1. The Balaban J connectivity index is 1.82. The van der Waals surface area contributed by atoms with Gasteiger partial charge in [-0.3, -0.25) is 9.59 Å². The molecular formula is C19H27NO4. The molecule has 1 fully saturated rings. The Morgan fingerprint density at radius 1 is 1.12 bits per heavy atom. The zero-order chi connectivity index (χ0) is 17.5. The molecule has 5 nitrogen and oxygen atoms in total. The molecule has 1 aromatic carbocycles. The van der Waals surface area contributed by atoms with E-state index in [9.17, 15) is 9.59 Å². The average molecular weight is 333 g/mol. The highest BCUT2D eigenvalue weighted by Crippen LogP contribution is 2.23. The van der Waals surface area contributed by atoms with E-state index in [1.54, 1.807) is 12.1 Å². The van der Waals surface area contributed by atoms with E-state index in [2.05, 4.69) is 6.92 Å². The van der Waals surface area contributed by atoms with Gasteiger partial charge in [-0.1, -0.05) is 20.8 Å². The van der Waals surface area contributed by atoms with E-state index in [1.165, 1.54) is 0 Å². The van der Waals surface area contributed by atoms with E-state index >= 15 is 0 Å². The average Bonchev–Trinajstić information content (AvgIpc) is 2.60. The van der Waals surface area contributed by atoms with Crippen molar-refractivity contribution in [1.82, 2.24) is 4.90 Å². The van der Waals surface area contributed by atoms with Crippen LogP contribution in [-0.2, 0) is 9.59 Å². The van der Waals surface area contributed by atoms with Crippen molar-refractivity contribution < 1.29 is 19.1 Å². The van der Waals surface area contributed by atoms with Crippen LogP contribution in [0.2, 0.25) is 0 Å². The maximum Gasteiger partial charge on any atom is 0.314 e. The number of carbonyl (C=O) groups is 2. The van der Waals surface area contributed by atoms with Crippen LogP contribution in [-0.4, -0.2) is 36.5 Å². The first-order valence-corrected chi connectivity index (χ1v) is 8.74. The van der Waals surface area contributed by atoms with Gasteiger partial charge in [-0.25, -0.2) is 0 Å². The number of esters is 1. The van der Waals surface area contributed by atoms with Gasteiger partial charge in [-0.15, -0.1) is 0 Å². The summed E-state index contributed by atoms with van der Waals surface area (Å²) in [6.07, 6.45) is 2.28. The van der Waals surface area contributed by atoms with Gasteiger partial charge in [0.25, 0.3) is 0 Å². The van der Waals surface area contributed by atoms with Gasteiger partial charge in [-0.05, 0) is 43.5 Å². The van der Waals surface area contributed by atoms with Gasteiger partial charge in [0.05, 0.1) is 12.5 Å². The predicted molar refractivity (Wildman–Crippen MR) is 92.0 cm³/mol. The second kappa shape index (κ2) is 8.71. The van der Waals surface area contributed by atoms with E-state index in [4.69, 9.17) is 9.47 Å². The Labute approximate surface area is 143 Å². The third kappa shape index (κ3) is 4.98. The topological polar surface area (TPSA) is 55.8 Å². The van der Waals surface area contributed by atoms with E-state index < -0.39 is 0 Å². The third-order valence-electron chi connectivity index (χ3n) is 4.15. The minimum Gasteiger partial charge on any atom is -0.494 e. The molecule has 0 saturated carbocycles. The van der Waals surface area contributed by atoms with Crippen LogP contribution >= 0.6 is 0 Å². The molecule has 1 aliphatic heterocycles. The van der Waals surface area contributed by atoms with E-state index in [-0.39, 0.29) is 23.7 Å². The summed E-state index contributed by atoms with van der Waals surface area (Å²) < 4.78 is 11.0. The first-order chi connectivity index (χ1) is 11.5. The van der Waals surface area contributed by atoms with E-state index in [0.29, 0.717) is 38.3 Å². The van der Waals surface area contributed by atoms with Crippen LogP contribution in [0.3, 0.4) is 0 Å². The first-order valence-electron chi connectivity index (χ1n) is 8.74. The summed E-state index contributed by atoms with van der Waals surface area (Å²) in [6.45, 7) is 7.78. The van der Waals surface area contributed by atoms with Crippen molar-refractivity contribution in [2.24, 2.45) is 11.8 Å². The molecule has 1 aromatic rings. The SMILES string of the molecule is CCCOc1ccc(OC(=O)C2CCN(C(=O)C(C)C)CC2)cc1. The highest BCUT2D eigenvalue weighted by atomic mass is 16.5. The Bertz CT molecular complexity index is 545. The van der Waals surface area contributed by atoms with Crippen molar-refractivity contribution in [3.05, 3.63) is 24.3 Å². The minimum atomic E-state index is -0.214. The molecule has 132 valence electrons. The fraction of sp³-hybridized carbons (Fsp3) is 0.579. The summed E-state index contributed by atoms with van der Waals surface area (Å²) in [4.78, 5) is 26.1. The first kappa shape index (κ1) is 18.3. The van der Waals surface area contributed by atoms with Crippen LogP contribution in [0.5, 0.6) is 11.5 Å². The van der Waals surface area contributed by atoms with Gasteiger partial charge >= 0.3 is 5.97 Å². The number of piperidine rings is 1. The quantitative estimate of drug-likeness (QED) is 0.592. The summed E-state index contributed by atoms with van der Waals surface area (Å²) in [5, 5.41) is 0. The lowest BCUT2D eigenvalue weighted by atomic mass is 9.96. The lowest BCUT2D eigenvalue weighted by Crippen LogP contribution is -2.42. The van der Waals surface area contributed by atoms with E-state index in [1.807, 2.05) is 30.9 Å². The molecule has 1 aliphatic rings. The van der Waals surface area contributed by atoms with Crippen molar-refractivity contribution in [2.75, 3.05) is 19.7 Å². The number of nitrogens with zero attached hydrogens (tertiary/aromatic N) is 1. The van der Waals surface area contributed by atoms with Gasteiger partial charge in [0.15, 0.2) is 0 Å². The number of carbonyl (C=O) groups excluding carboxylic acids is 2. The molecule has 0 unspecified atom stereocenters. The van der Waals surface area contributed by atoms with Crippen LogP contribution < -0.4 is 9.47 Å². The van der Waals surface area contributed by atoms with Crippen LogP contribution in [0, 0.1) is 11.8 Å². The molecule has 5 heteroatoms. The van der Waals surface area contributed by atoms with Crippen molar-refractivity contribution >= 4 is 11.9 Å². The molecule has 0 bridgehead atoms. The number of likely N-dealkylation sites (tertiary alicyclic amines) is 1. The number of amides is 1. The second-order valence-corrected chi connectivity index (χ2v) is 6.50. The van der Waals surface area contributed by atoms with Gasteiger partial charge in [-0.2, -0.15) is 0 Å². The number of hydrogen-bond donors (Lipinski definition) is 0. The zero-order valence-electron chi connectivity index (χ0n) is 14.8. The molecule has 1 saturated heterocycles. The summed E-state index contributed by atoms with van der Waals surface area (Å²) in [7, 11) is 0. The van der Waals surface area contributed by atoms with Crippen molar-refractivity contribution in [2.45, 2.75) is 40.0 Å². The molecule has 0 aromatic heterocycles. The summed E-state index contributed by atoms with van der Waals surface area (Å²) >= 11 is 0. The monoisotopic (exact) mass is 333 g/mol. The fourth-order valence-electron chi connectivity index (χ4n) is 2.72. The molecular weight excluding hydrogens is 306 g/mol. The third-order valence-corrected chi connectivity index (χ3v) is 4.15. The molecule has 0 spiro atoms. The van der Waals surface area contributed by atoms with Crippen molar-refractivity contribution in [1.29, 1.82) is 0 Å². The highest BCUT2D eigenvalue weighted by Gasteiger charge is 2.29. The van der Waals surface area contributed by atoms with E-state index in [0.717, 1.165) is 12.2 Å². The molecule has 0 radical (unpaired) electrons. The van der Waals surface area contributed by atoms with Crippen LogP contribution in [0.4, 0.5) is 0 Å². The minimum absolute atomic E-state index is 0.00180. The molecule has 0 atom stereocenters. The van der Waals surface area contributed by atoms with Crippen LogP contribution in [0.15, 0.2) is 24.3 Å². The van der Waals surface area contributed by atoms with Crippen molar-refractivity contribution in [3.63, 3.8) is 0 Å². The van der Waals surface area contributed by atoms with Crippen LogP contribution in [0.25, 0.3) is 0 Å². The Morgan fingerprint density at radius 3 is 2.25 bits per heavy atom. The fourth-order valence-corrected chi connectivity index (χ4v) is 2.72. The van der Waals surface area contributed by atoms with Gasteiger partial charge in [0.1, 0.15) is 11.5 Å². The summed E-state index contributed by atoms with van der Waals surface area (Å²) in [5.74, 6) is 1.11. The molecule has 24 heavy (non-hydrogen) atoms.